The van der Waals surface area contributed by atoms with Gasteiger partial charge in [-0.1, -0.05) is 12.1 Å². The van der Waals surface area contributed by atoms with Crippen molar-refractivity contribution in [3.8, 4) is 0 Å². The molecule has 0 aromatic heterocycles. The van der Waals surface area contributed by atoms with E-state index in [9.17, 15) is 17.6 Å². The Morgan fingerprint density at radius 1 is 1.20 bits per heavy atom. The smallest absolute Gasteiger partial charge is 0.240 e. The maximum atomic E-state index is 13.0. The quantitative estimate of drug-likeness (QED) is 0.812. The lowest BCUT2D eigenvalue weighted by Crippen LogP contribution is -2.16. The van der Waals surface area contributed by atoms with Crippen LogP contribution in [0.25, 0.3) is 0 Å². The Kier molecular flexibility index (Phi) is 5.60. The van der Waals surface area contributed by atoms with Crippen LogP contribution in [-0.2, 0) is 0 Å². The average Bonchev–Trinajstić information content (AvgIpc) is 2.08. The standard InChI is InChI=1S/C9H9F4N.ClH/c10-6-3-1-2-5(9(6)13)7(14)4-8(11)12;/h1-3,7-8H,4,14H2;1H/t7-;/m0./s1. The number of rotatable bonds is 3. The lowest BCUT2D eigenvalue weighted by molar-refractivity contribution is 0.128. The molecule has 0 aliphatic carbocycles. The van der Waals surface area contributed by atoms with Crippen LogP contribution < -0.4 is 5.73 Å². The Balaban J connectivity index is 0.00000196. The van der Waals surface area contributed by atoms with Crippen molar-refractivity contribution in [2.75, 3.05) is 0 Å². The van der Waals surface area contributed by atoms with Gasteiger partial charge in [0, 0.05) is 18.0 Å². The first-order chi connectivity index (χ1) is 6.52. The minimum atomic E-state index is -2.63. The van der Waals surface area contributed by atoms with Crippen molar-refractivity contribution in [1.82, 2.24) is 0 Å². The van der Waals surface area contributed by atoms with Gasteiger partial charge in [0.15, 0.2) is 11.6 Å². The van der Waals surface area contributed by atoms with E-state index >= 15 is 0 Å². The molecule has 0 heterocycles. The van der Waals surface area contributed by atoms with E-state index in [2.05, 4.69) is 0 Å². The third kappa shape index (κ3) is 3.68. The summed E-state index contributed by atoms with van der Waals surface area (Å²) in [4.78, 5) is 0. The molecular weight excluding hydrogens is 234 g/mol. The van der Waals surface area contributed by atoms with Crippen LogP contribution in [0.5, 0.6) is 0 Å². The van der Waals surface area contributed by atoms with Gasteiger partial charge in [0.05, 0.1) is 0 Å². The van der Waals surface area contributed by atoms with Crippen molar-refractivity contribution < 1.29 is 17.6 Å². The molecule has 0 saturated heterocycles. The van der Waals surface area contributed by atoms with Crippen molar-refractivity contribution in [2.24, 2.45) is 5.73 Å². The van der Waals surface area contributed by atoms with Crippen LogP contribution in [0.2, 0.25) is 0 Å². The monoisotopic (exact) mass is 243 g/mol. The normalized spacial score (nSPS) is 12.4. The molecule has 15 heavy (non-hydrogen) atoms. The van der Waals surface area contributed by atoms with Gasteiger partial charge < -0.3 is 5.73 Å². The summed E-state index contributed by atoms with van der Waals surface area (Å²) >= 11 is 0. The van der Waals surface area contributed by atoms with E-state index in [4.69, 9.17) is 5.73 Å². The van der Waals surface area contributed by atoms with Gasteiger partial charge in [0.2, 0.25) is 6.43 Å². The lowest BCUT2D eigenvalue weighted by Gasteiger charge is -2.12. The molecule has 0 aliphatic rings. The average molecular weight is 244 g/mol. The molecule has 6 heteroatoms. The third-order valence-electron chi connectivity index (χ3n) is 1.81. The molecule has 1 nitrogen and oxygen atoms in total. The van der Waals surface area contributed by atoms with E-state index in [0.29, 0.717) is 0 Å². The Labute approximate surface area is 90.7 Å². The summed E-state index contributed by atoms with van der Waals surface area (Å²) in [7, 11) is 0. The van der Waals surface area contributed by atoms with Crippen LogP contribution in [-0.4, -0.2) is 6.43 Å². The second-order valence-electron chi connectivity index (χ2n) is 2.88. The SMILES string of the molecule is Cl.N[C@@H](CC(F)F)c1cccc(F)c1F. The van der Waals surface area contributed by atoms with Crippen LogP contribution >= 0.6 is 12.4 Å². The first-order valence-corrected chi connectivity index (χ1v) is 4.00. The highest BCUT2D eigenvalue weighted by Crippen LogP contribution is 2.22. The first kappa shape index (κ1) is 14.2. The maximum Gasteiger partial charge on any atom is 0.240 e. The zero-order valence-corrected chi connectivity index (χ0v) is 8.41. The summed E-state index contributed by atoms with van der Waals surface area (Å²) in [6.07, 6.45) is -3.31. The number of benzene rings is 1. The molecule has 1 atom stereocenters. The van der Waals surface area contributed by atoms with Gasteiger partial charge >= 0.3 is 0 Å². The summed E-state index contributed by atoms with van der Waals surface area (Å²) in [6.45, 7) is 0. The number of alkyl halides is 2. The molecule has 0 radical (unpaired) electrons. The van der Waals surface area contributed by atoms with Crippen LogP contribution in [0.15, 0.2) is 18.2 Å². The highest BCUT2D eigenvalue weighted by Gasteiger charge is 2.18. The zero-order valence-electron chi connectivity index (χ0n) is 7.59. The van der Waals surface area contributed by atoms with Crippen LogP contribution in [0.3, 0.4) is 0 Å². The van der Waals surface area contributed by atoms with Crippen molar-refractivity contribution in [1.29, 1.82) is 0 Å². The molecule has 1 aromatic carbocycles. The second-order valence-corrected chi connectivity index (χ2v) is 2.88. The van der Waals surface area contributed by atoms with Crippen molar-refractivity contribution in [3.05, 3.63) is 35.4 Å². The second kappa shape index (κ2) is 5.92. The predicted octanol–water partition coefficient (Wildman–Crippen LogP) is 3.04. The molecule has 0 aliphatic heterocycles. The topological polar surface area (TPSA) is 26.0 Å². The van der Waals surface area contributed by atoms with Crippen LogP contribution in [0, 0.1) is 11.6 Å². The van der Waals surface area contributed by atoms with Gasteiger partial charge in [0.1, 0.15) is 0 Å². The van der Waals surface area contributed by atoms with Gasteiger partial charge in [-0.3, -0.25) is 0 Å². The number of hydrogen-bond donors (Lipinski definition) is 1. The van der Waals surface area contributed by atoms with Gasteiger partial charge in [-0.05, 0) is 6.07 Å². The van der Waals surface area contributed by atoms with Crippen molar-refractivity contribution in [3.63, 3.8) is 0 Å². The molecule has 0 fully saturated rings. The summed E-state index contributed by atoms with van der Waals surface area (Å²) in [5.41, 5.74) is 5.06. The Hall–Kier alpha value is -0.810. The third-order valence-corrected chi connectivity index (χ3v) is 1.81. The molecule has 1 aromatic rings. The minimum absolute atomic E-state index is 0. The summed E-state index contributed by atoms with van der Waals surface area (Å²) in [6, 6.07) is 2.17. The maximum absolute atomic E-state index is 13.0. The van der Waals surface area contributed by atoms with E-state index in [-0.39, 0.29) is 18.0 Å². The van der Waals surface area contributed by atoms with Gasteiger partial charge in [0.25, 0.3) is 0 Å². The molecule has 0 unspecified atom stereocenters. The molecule has 0 spiro atoms. The first-order valence-electron chi connectivity index (χ1n) is 4.00. The summed E-state index contributed by atoms with van der Waals surface area (Å²) in [5.74, 6) is -2.23. The summed E-state index contributed by atoms with van der Waals surface area (Å²) < 4.78 is 49.5. The fourth-order valence-corrected chi connectivity index (χ4v) is 1.13. The highest BCUT2D eigenvalue weighted by atomic mass is 35.5. The van der Waals surface area contributed by atoms with Gasteiger partial charge in [-0.15, -0.1) is 12.4 Å². The largest absolute Gasteiger partial charge is 0.324 e. The lowest BCUT2D eigenvalue weighted by atomic mass is 10.0. The molecule has 2 N–H and O–H groups in total. The number of halogens is 5. The van der Waals surface area contributed by atoms with Crippen molar-refractivity contribution in [2.45, 2.75) is 18.9 Å². The zero-order chi connectivity index (χ0) is 10.7. The van der Waals surface area contributed by atoms with E-state index in [1.807, 2.05) is 0 Å². The molecule has 86 valence electrons. The number of nitrogens with two attached hydrogens (primary N) is 1. The Morgan fingerprint density at radius 2 is 1.80 bits per heavy atom. The molecule has 0 bridgehead atoms. The Bertz CT molecular complexity index is 319. The summed E-state index contributed by atoms with van der Waals surface area (Å²) in [5, 5.41) is 0. The number of hydrogen-bond acceptors (Lipinski definition) is 1. The van der Waals surface area contributed by atoms with Crippen LogP contribution in [0.4, 0.5) is 17.6 Å². The minimum Gasteiger partial charge on any atom is -0.324 e. The van der Waals surface area contributed by atoms with Crippen LogP contribution in [0.1, 0.15) is 18.0 Å². The van der Waals surface area contributed by atoms with Gasteiger partial charge in [-0.25, -0.2) is 17.6 Å². The molecular formula is C9H10ClF4N. The predicted molar refractivity (Wildman–Crippen MR) is 51.2 cm³/mol. The van der Waals surface area contributed by atoms with E-state index < -0.39 is 30.5 Å². The highest BCUT2D eigenvalue weighted by molar-refractivity contribution is 5.85. The van der Waals surface area contributed by atoms with E-state index in [0.717, 1.165) is 6.07 Å². The van der Waals surface area contributed by atoms with E-state index in [1.54, 1.807) is 0 Å². The fraction of sp³-hybridized carbons (Fsp3) is 0.333. The molecule has 0 amide bonds. The van der Waals surface area contributed by atoms with Gasteiger partial charge in [-0.2, -0.15) is 0 Å². The van der Waals surface area contributed by atoms with E-state index in [1.165, 1.54) is 12.1 Å². The van der Waals surface area contributed by atoms with Crippen molar-refractivity contribution >= 4 is 12.4 Å². The molecule has 0 saturated carbocycles. The fourth-order valence-electron chi connectivity index (χ4n) is 1.13. The Morgan fingerprint density at radius 3 is 2.33 bits per heavy atom. The molecule has 1 rings (SSSR count).